The second-order valence-corrected chi connectivity index (χ2v) is 4.74. The zero-order chi connectivity index (χ0) is 11.9. The zero-order valence-corrected chi connectivity index (χ0v) is 9.74. The molecule has 0 saturated heterocycles. The molecule has 1 atom stereocenters. The number of nitrogens with two attached hydrogens (primary N) is 1. The van der Waals surface area contributed by atoms with Gasteiger partial charge in [0.15, 0.2) is 11.5 Å². The molecule has 1 heterocycles. The first-order valence-electron chi connectivity index (χ1n) is 6.08. The maximum absolute atomic E-state index is 10.5. The highest BCUT2D eigenvalue weighted by Crippen LogP contribution is 2.41. The third-order valence-corrected chi connectivity index (χ3v) is 3.64. The number of benzene rings is 1. The van der Waals surface area contributed by atoms with Gasteiger partial charge in [-0.1, -0.05) is 0 Å². The Balaban J connectivity index is 2.11. The van der Waals surface area contributed by atoms with Crippen molar-refractivity contribution in [3.63, 3.8) is 0 Å². The average Bonchev–Trinajstić information content (AvgIpc) is 2.37. The maximum Gasteiger partial charge on any atom is 0.161 e. The van der Waals surface area contributed by atoms with E-state index in [0.717, 1.165) is 41.9 Å². The van der Waals surface area contributed by atoms with Crippen LogP contribution in [0.1, 0.15) is 24.0 Å². The maximum atomic E-state index is 10.5. The van der Waals surface area contributed by atoms with Crippen LogP contribution in [0.15, 0.2) is 12.1 Å². The van der Waals surface area contributed by atoms with Gasteiger partial charge in [0.2, 0.25) is 0 Å². The predicted molar refractivity (Wildman–Crippen MR) is 63.3 cm³/mol. The van der Waals surface area contributed by atoms with E-state index in [9.17, 15) is 5.11 Å². The predicted octanol–water partition coefficient (Wildman–Crippen LogP) is 0.940. The van der Waals surface area contributed by atoms with Gasteiger partial charge in [-0.3, -0.25) is 0 Å². The molecule has 4 nitrogen and oxygen atoms in total. The smallest absolute Gasteiger partial charge is 0.161 e. The van der Waals surface area contributed by atoms with E-state index >= 15 is 0 Å². The summed E-state index contributed by atoms with van der Waals surface area (Å²) in [4.78, 5) is 0. The first kappa shape index (κ1) is 10.9. The van der Waals surface area contributed by atoms with Gasteiger partial charge in [-0.15, -0.1) is 0 Å². The lowest BCUT2D eigenvalue weighted by atomic mass is 9.79. The first-order chi connectivity index (χ1) is 8.23. The molecule has 0 aromatic heterocycles. The van der Waals surface area contributed by atoms with Gasteiger partial charge in [-0.25, -0.2) is 0 Å². The Bertz CT molecular complexity index is 447. The van der Waals surface area contributed by atoms with Crippen LogP contribution in [0.25, 0.3) is 0 Å². The van der Waals surface area contributed by atoms with E-state index in [1.165, 1.54) is 0 Å². The Hall–Kier alpha value is -1.26. The highest BCUT2D eigenvalue weighted by atomic mass is 16.6. The summed E-state index contributed by atoms with van der Waals surface area (Å²) >= 11 is 0. The lowest BCUT2D eigenvalue weighted by Gasteiger charge is -2.34. The second kappa shape index (κ2) is 3.89. The normalized spacial score (nSPS) is 26.5. The van der Waals surface area contributed by atoms with E-state index in [1.54, 1.807) is 0 Å². The molecule has 1 aliphatic heterocycles. The third kappa shape index (κ3) is 1.68. The molecule has 1 unspecified atom stereocenters. The number of rotatable bonds is 1. The SMILES string of the molecule is NCC1(O)CCCc2cc3c(cc21)OCCO3. The van der Waals surface area contributed by atoms with Gasteiger partial charge >= 0.3 is 0 Å². The molecule has 1 aromatic carbocycles. The van der Waals surface area contributed by atoms with E-state index in [-0.39, 0.29) is 6.54 Å². The van der Waals surface area contributed by atoms with Crippen LogP contribution < -0.4 is 15.2 Å². The summed E-state index contributed by atoms with van der Waals surface area (Å²) in [6.07, 6.45) is 2.64. The van der Waals surface area contributed by atoms with Crippen LogP contribution in [-0.2, 0) is 12.0 Å². The topological polar surface area (TPSA) is 64.7 Å². The van der Waals surface area contributed by atoms with E-state index in [4.69, 9.17) is 15.2 Å². The third-order valence-electron chi connectivity index (χ3n) is 3.64. The average molecular weight is 235 g/mol. The quantitative estimate of drug-likeness (QED) is 0.760. The van der Waals surface area contributed by atoms with E-state index in [2.05, 4.69) is 0 Å². The summed E-state index contributed by atoms with van der Waals surface area (Å²) in [5, 5.41) is 10.5. The van der Waals surface area contributed by atoms with Gasteiger partial charge in [-0.2, -0.15) is 0 Å². The monoisotopic (exact) mass is 235 g/mol. The molecule has 0 spiro atoms. The number of aliphatic hydroxyl groups is 1. The fourth-order valence-corrected chi connectivity index (χ4v) is 2.69. The van der Waals surface area contributed by atoms with Crippen LogP contribution in [0, 0.1) is 0 Å². The van der Waals surface area contributed by atoms with Gasteiger partial charge in [0.05, 0.1) is 0 Å². The van der Waals surface area contributed by atoms with Crippen LogP contribution in [0.3, 0.4) is 0 Å². The number of fused-ring (bicyclic) bond motifs is 2. The van der Waals surface area contributed by atoms with Crippen LogP contribution in [0.5, 0.6) is 11.5 Å². The molecule has 3 N–H and O–H groups in total. The molecule has 1 aromatic rings. The standard InChI is InChI=1S/C13H17NO3/c14-8-13(15)3-1-2-9-6-11-12(7-10(9)13)17-5-4-16-11/h6-7,15H,1-5,8,14H2. The zero-order valence-electron chi connectivity index (χ0n) is 9.74. The highest BCUT2D eigenvalue weighted by Gasteiger charge is 2.34. The van der Waals surface area contributed by atoms with Crippen molar-refractivity contribution in [3.05, 3.63) is 23.3 Å². The Kier molecular flexibility index (Phi) is 2.49. The van der Waals surface area contributed by atoms with Crippen molar-refractivity contribution in [2.45, 2.75) is 24.9 Å². The molecule has 2 aliphatic rings. The summed E-state index contributed by atoms with van der Waals surface area (Å²) in [5.74, 6) is 1.51. The summed E-state index contributed by atoms with van der Waals surface area (Å²) in [6.45, 7) is 1.40. The molecule has 17 heavy (non-hydrogen) atoms. The number of aryl methyl sites for hydroxylation is 1. The lowest BCUT2D eigenvalue weighted by molar-refractivity contribution is 0.0272. The minimum absolute atomic E-state index is 0.250. The molecule has 4 heteroatoms. The number of hydrogen-bond acceptors (Lipinski definition) is 4. The van der Waals surface area contributed by atoms with Crippen molar-refractivity contribution in [1.29, 1.82) is 0 Å². The molecule has 0 amide bonds. The van der Waals surface area contributed by atoms with Gasteiger partial charge in [0, 0.05) is 6.54 Å². The van der Waals surface area contributed by atoms with Crippen LogP contribution in [-0.4, -0.2) is 24.9 Å². The summed E-state index contributed by atoms with van der Waals surface area (Å²) in [6, 6.07) is 3.89. The van der Waals surface area contributed by atoms with Crippen molar-refractivity contribution in [2.75, 3.05) is 19.8 Å². The van der Waals surface area contributed by atoms with Crippen LogP contribution in [0.4, 0.5) is 0 Å². The van der Waals surface area contributed by atoms with E-state index < -0.39 is 5.60 Å². The van der Waals surface area contributed by atoms with Crippen molar-refractivity contribution in [1.82, 2.24) is 0 Å². The summed E-state index contributed by atoms with van der Waals surface area (Å²) in [5.41, 5.74) is 6.85. The number of ether oxygens (including phenoxy) is 2. The number of hydrogen-bond donors (Lipinski definition) is 2. The second-order valence-electron chi connectivity index (χ2n) is 4.74. The fraction of sp³-hybridized carbons (Fsp3) is 0.538. The molecule has 0 radical (unpaired) electrons. The largest absolute Gasteiger partial charge is 0.486 e. The minimum Gasteiger partial charge on any atom is -0.486 e. The van der Waals surface area contributed by atoms with Crippen molar-refractivity contribution < 1.29 is 14.6 Å². The fourth-order valence-electron chi connectivity index (χ4n) is 2.69. The van der Waals surface area contributed by atoms with Gasteiger partial charge in [-0.05, 0) is 42.5 Å². The Morgan fingerprint density at radius 2 is 1.94 bits per heavy atom. The minimum atomic E-state index is -0.899. The summed E-state index contributed by atoms with van der Waals surface area (Å²) in [7, 11) is 0. The molecular weight excluding hydrogens is 218 g/mol. The molecule has 1 aliphatic carbocycles. The van der Waals surface area contributed by atoms with Crippen molar-refractivity contribution >= 4 is 0 Å². The van der Waals surface area contributed by atoms with E-state index in [1.807, 2.05) is 12.1 Å². The Morgan fingerprint density at radius 3 is 2.65 bits per heavy atom. The van der Waals surface area contributed by atoms with Gasteiger partial charge < -0.3 is 20.3 Å². The lowest BCUT2D eigenvalue weighted by Crippen LogP contribution is -2.38. The summed E-state index contributed by atoms with van der Waals surface area (Å²) < 4.78 is 11.1. The molecule has 0 saturated carbocycles. The highest BCUT2D eigenvalue weighted by molar-refractivity contribution is 5.51. The Labute approximate surface area is 100 Å². The Morgan fingerprint density at radius 1 is 1.24 bits per heavy atom. The van der Waals surface area contributed by atoms with Gasteiger partial charge in [0.25, 0.3) is 0 Å². The van der Waals surface area contributed by atoms with Crippen molar-refractivity contribution in [2.24, 2.45) is 5.73 Å². The molecular formula is C13H17NO3. The molecule has 0 bridgehead atoms. The molecule has 0 fully saturated rings. The van der Waals surface area contributed by atoms with Crippen LogP contribution in [0.2, 0.25) is 0 Å². The molecule has 3 rings (SSSR count). The molecule has 92 valence electrons. The van der Waals surface area contributed by atoms with Gasteiger partial charge in [0.1, 0.15) is 18.8 Å². The van der Waals surface area contributed by atoms with Crippen LogP contribution >= 0.6 is 0 Å². The van der Waals surface area contributed by atoms with Crippen molar-refractivity contribution in [3.8, 4) is 11.5 Å². The first-order valence-corrected chi connectivity index (χ1v) is 6.08. The van der Waals surface area contributed by atoms with E-state index in [0.29, 0.717) is 13.2 Å².